The van der Waals surface area contributed by atoms with Crippen molar-refractivity contribution in [2.45, 2.75) is 11.8 Å². The third kappa shape index (κ3) is 4.77. The van der Waals surface area contributed by atoms with Crippen LogP contribution in [0.1, 0.15) is 5.56 Å². The van der Waals surface area contributed by atoms with Crippen molar-refractivity contribution < 1.29 is 13.2 Å². The Morgan fingerprint density at radius 1 is 1.14 bits per heavy atom. The number of carbonyl (C=O) groups excluding carboxylic acids is 1. The van der Waals surface area contributed by atoms with Gasteiger partial charge in [0.15, 0.2) is 5.13 Å². The van der Waals surface area contributed by atoms with Gasteiger partial charge < -0.3 is 5.32 Å². The Kier molecular flexibility index (Phi) is 6.14. The van der Waals surface area contributed by atoms with E-state index in [9.17, 15) is 13.2 Å². The first-order chi connectivity index (χ1) is 13.3. The van der Waals surface area contributed by atoms with Crippen LogP contribution in [0.5, 0.6) is 0 Å². The number of amides is 1. The number of rotatable bonds is 6. The zero-order valence-corrected chi connectivity index (χ0v) is 17.6. The van der Waals surface area contributed by atoms with Gasteiger partial charge >= 0.3 is 0 Å². The molecule has 0 unspecified atom stereocenters. The average molecular weight is 436 g/mol. The number of nitrogens with one attached hydrogen (secondary N) is 1. The number of sulfonamides is 1. The molecule has 0 bridgehead atoms. The number of halogens is 1. The summed E-state index contributed by atoms with van der Waals surface area (Å²) in [5, 5.41) is 5.34. The monoisotopic (exact) mass is 435 g/mol. The Labute approximate surface area is 172 Å². The van der Waals surface area contributed by atoms with Crippen LogP contribution in [0.15, 0.2) is 58.8 Å². The fourth-order valence-corrected chi connectivity index (χ4v) is 4.41. The molecule has 3 rings (SSSR count). The quantitative estimate of drug-likeness (QED) is 0.633. The molecule has 0 spiro atoms. The van der Waals surface area contributed by atoms with Gasteiger partial charge in [0.05, 0.1) is 17.1 Å². The molecular weight excluding hydrogens is 418 g/mol. The van der Waals surface area contributed by atoms with Gasteiger partial charge in [-0.25, -0.2) is 13.4 Å². The van der Waals surface area contributed by atoms with Crippen molar-refractivity contribution in [3.8, 4) is 11.3 Å². The Bertz CT molecular complexity index is 1080. The fraction of sp³-hybridized carbons (Fsp3) is 0.158. The summed E-state index contributed by atoms with van der Waals surface area (Å²) >= 11 is 7.08. The molecule has 0 atom stereocenters. The topological polar surface area (TPSA) is 79.4 Å². The molecule has 0 aliphatic heterocycles. The fourth-order valence-electron chi connectivity index (χ4n) is 2.42. The van der Waals surface area contributed by atoms with E-state index in [1.54, 1.807) is 0 Å². The summed E-state index contributed by atoms with van der Waals surface area (Å²) in [5.74, 6) is -0.468. The Hall–Kier alpha value is -2.26. The van der Waals surface area contributed by atoms with Gasteiger partial charge in [0.25, 0.3) is 0 Å². The second-order valence-corrected chi connectivity index (χ2v) is 9.51. The highest BCUT2D eigenvalue weighted by molar-refractivity contribution is 7.89. The number of nitrogens with zero attached hydrogens (tertiary/aromatic N) is 2. The van der Waals surface area contributed by atoms with Crippen molar-refractivity contribution in [1.82, 2.24) is 9.29 Å². The molecule has 1 heterocycles. The minimum Gasteiger partial charge on any atom is -0.301 e. The van der Waals surface area contributed by atoms with Gasteiger partial charge in [-0.05, 0) is 31.2 Å². The van der Waals surface area contributed by atoms with Crippen LogP contribution in [0.25, 0.3) is 11.3 Å². The largest absolute Gasteiger partial charge is 0.301 e. The van der Waals surface area contributed by atoms with E-state index in [1.165, 1.54) is 42.6 Å². The van der Waals surface area contributed by atoms with Crippen molar-refractivity contribution in [2.75, 3.05) is 18.9 Å². The lowest BCUT2D eigenvalue weighted by molar-refractivity contribution is -0.116. The van der Waals surface area contributed by atoms with Gasteiger partial charge in [0, 0.05) is 23.0 Å². The van der Waals surface area contributed by atoms with E-state index >= 15 is 0 Å². The van der Waals surface area contributed by atoms with Gasteiger partial charge in [-0.1, -0.05) is 41.4 Å². The van der Waals surface area contributed by atoms with Gasteiger partial charge in [-0.2, -0.15) is 4.31 Å². The molecule has 6 nitrogen and oxygen atoms in total. The minimum atomic E-state index is -3.79. The summed E-state index contributed by atoms with van der Waals surface area (Å²) in [6.07, 6.45) is 0. The highest BCUT2D eigenvalue weighted by atomic mass is 35.5. The van der Waals surface area contributed by atoms with Crippen LogP contribution in [-0.4, -0.2) is 37.2 Å². The molecule has 0 saturated carbocycles. The smallest absolute Gasteiger partial charge is 0.243 e. The number of anilines is 1. The minimum absolute atomic E-state index is 0.0723. The van der Waals surface area contributed by atoms with E-state index < -0.39 is 15.9 Å². The Morgan fingerprint density at radius 2 is 1.79 bits per heavy atom. The number of likely N-dealkylation sites (N-methyl/N-ethyl adjacent to an activating group) is 1. The van der Waals surface area contributed by atoms with E-state index in [0.29, 0.717) is 10.2 Å². The standard InChI is InChI=1S/C19H18ClN3O3S2/c1-13-3-5-14(6-4-13)17-12-27-19(21-17)22-18(24)11-23(2)28(25,26)16-9-7-15(20)8-10-16/h3-10,12H,11H2,1-2H3,(H,21,22,24). The van der Waals surface area contributed by atoms with Crippen LogP contribution in [0.3, 0.4) is 0 Å². The maximum atomic E-state index is 12.5. The van der Waals surface area contributed by atoms with E-state index in [-0.39, 0.29) is 11.4 Å². The highest BCUT2D eigenvalue weighted by Crippen LogP contribution is 2.25. The van der Waals surface area contributed by atoms with Crippen LogP contribution in [0, 0.1) is 6.92 Å². The molecule has 0 radical (unpaired) electrons. The first-order valence-corrected chi connectivity index (χ1v) is 11.0. The van der Waals surface area contributed by atoms with Crippen LogP contribution < -0.4 is 5.32 Å². The van der Waals surface area contributed by atoms with Crippen molar-refractivity contribution in [2.24, 2.45) is 0 Å². The van der Waals surface area contributed by atoms with E-state index in [4.69, 9.17) is 11.6 Å². The summed E-state index contributed by atoms with van der Waals surface area (Å²) in [5.41, 5.74) is 2.85. The first kappa shape index (κ1) is 20.5. The van der Waals surface area contributed by atoms with Crippen LogP contribution >= 0.6 is 22.9 Å². The number of hydrogen-bond donors (Lipinski definition) is 1. The van der Waals surface area contributed by atoms with Crippen LogP contribution in [0.2, 0.25) is 5.02 Å². The average Bonchev–Trinajstić information content (AvgIpc) is 3.10. The van der Waals surface area contributed by atoms with Gasteiger partial charge in [-0.15, -0.1) is 11.3 Å². The molecule has 9 heteroatoms. The lowest BCUT2D eigenvalue weighted by atomic mass is 10.1. The SMILES string of the molecule is Cc1ccc(-c2csc(NC(=O)CN(C)S(=O)(=O)c3ccc(Cl)cc3)n2)cc1. The number of carbonyl (C=O) groups is 1. The molecule has 1 amide bonds. The van der Waals surface area contributed by atoms with Crippen LogP contribution in [-0.2, 0) is 14.8 Å². The summed E-state index contributed by atoms with van der Waals surface area (Å²) in [4.78, 5) is 16.7. The molecule has 1 N–H and O–H groups in total. The van der Waals surface area contributed by atoms with Crippen molar-refractivity contribution in [3.63, 3.8) is 0 Å². The second-order valence-electron chi connectivity index (χ2n) is 6.17. The normalized spacial score (nSPS) is 11.6. The maximum Gasteiger partial charge on any atom is 0.243 e. The third-order valence-corrected chi connectivity index (χ3v) is 6.81. The third-order valence-electron chi connectivity index (χ3n) is 3.99. The predicted molar refractivity (Wildman–Crippen MR) is 112 cm³/mol. The summed E-state index contributed by atoms with van der Waals surface area (Å²) in [6.45, 7) is 1.68. The number of aryl methyl sites for hydroxylation is 1. The van der Waals surface area contributed by atoms with Gasteiger partial charge in [-0.3, -0.25) is 4.79 Å². The Balaban J connectivity index is 1.65. The second kappa shape index (κ2) is 8.40. The van der Waals surface area contributed by atoms with Crippen molar-refractivity contribution in [3.05, 3.63) is 64.5 Å². The zero-order chi connectivity index (χ0) is 20.3. The molecule has 2 aromatic carbocycles. The van der Waals surface area contributed by atoms with E-state index in [2.05, 4.69) is 10.3 Å². The predicted octanol–water partition coefficient (Wildman–Crippen LogP) is 4.03. The number of thiazole rings is 1. The lowest BCUT2D eigenvalue weighted by Gasteiger charge is -2.16. The van der Waals surface area contributed by atoms with E-state index in [1.807, 2.05) is 36.6 Å². The van der Waals surface area contributed by atoms with Gasteiger partial charge in [0.2, 0.25) is 15.9 Å². The Morgan fingerprint density at radius 3 is 2.43 bits per heavy atom. The molecule has 0 aliphatic rings. The number of aromatic nitrogens is 1. The zero-order valence-electron chi connectivity index (χ0n) is 15.2. The molecule has 146 valence electrons. The first-order valence-electron chi connectivity index (χ1n) is 8.30. The number of hydrogen-bond acceptors (Lipinski definition) is 5. The van der Waals surface area contributed by atoms with Gasteiger partial charge in [0.1, 0.15) is 0 Å². The molecule has 28 heavy (non-hydrogen) atoms. The maximum absolute atomic E-state index is 12.5. The van der Waals surface area contributed by atoms with E-state index in [0.717, 1.165) is 21.1 Å². The molecule has 0 fully saturated rings. The summed E-state index contributed by atoms with van der Waals surface area (Å²) in [6, 6.07) is 13.7. The lowest BCUT2D eigenvalue weighted by Crippen LogP contribution is -2.34. The van der Waals surface area contributed by atoms with Crippen molar-refractivity contribution in [1.29, 1.82) is 0 Å². The molecule has 3 aromatic rings. The molecular formula is C19H18ClN3O3S2. The summed E-state index contributed by atoms with van der Waals surface area (Å²) < 4.78 is 26.1. The number of benzene rings is 2. The highest BCUT2D eigenvalue weighted by Gasteiger charge is 2.23. The molecule has 0 saturated heterocycles. The summed E-state index contributed by atoms with van der Waals surface area (Å²) in [7, 11) is -2.44. The molecule has 1 aromatic heterocycles. The van der Waals surface area contributed by atoms with Crippen LogP contribution in [0.4, 0.5) is 5.13 Å². The molecule has 0 aliphatic carbocycles. The van der Waals surface area contributed by atoms with Crippen molar-refractivity contribution >= 4 is 44.0 Å².